The Morgan fingerprint density at radius 1 is 0.661 bits per heavy atom. The molecule has 0 amide bonds. The van der Waals surface area contributed by atoms with Crippen molar-refractivity contribution >= 4 is 24.8 Å². The van der Waals surface area contributed by atoms with Crippen molar-refractivity contribution < 1.29 is 49.0 Å². The third kappa shape index (κ3) is 9.07. The van der Waals surface area contributed by atoms with Gasteiger partial charge in [-0.1, -0.05) is 140 Å². The average Bonchev–Trinajstić information content (AvgIpc) is 3.72. The van der Waals surface area contributed by atoms with Crippen molar-refractivity contribution in [3.8, 4) is 22.3 Å². The number of rotatable bonds is 3. The van der Waals surface area contributed by atoms with Crippen LogP contribution in [0.25, 0.3) is 43.8 Å². The Morgan fingerprint density at radius 3 is 1.39 bits per heavy atom. The summed E-state index contributed by atoms with van der Waals surface area (Å²) in [6.45, 7) is 23.0. The quantitative estimate of drug-likeness (QED) is 0.159. The van der Waals surface area contributed by atoms with E-state index < -0.39 is 0 Å². The monoisotopic (exact) mass is 858 g/mol. The topological polar surface area (TPSA) is 0 Å². The molecule has 5 aromatic carbocycles. The van der Waals surface area contributed by atoms with Gasteiger partial charge in [0.25, 0.3) is 0 Å². The van der Waals surface area contributed by atoms with Crippen LogP contribution in [-0.2, 0) is 35.1 Å². The van der Waals surface area contributed by atoms with Crippen molar-refractivity contribution in [2.24, 2.45) is 35.0 Å². The van der Waals surface area contributed by atoms with Gasteiger partial charge in [-0.2, -0.15) is 11.6 Å². The summed E-state index contributed by atoms with van der Waals surface area (Å²) < 4.78 is 1.51. The van der Waals surface area contributed by atoms with Crippen LogP contribution in [0, 0.1) is 41.1 Å². The van der Waals surface area contributed by atoms with E-state index in [2.05, 4.69) is 178 Å². The molecule has 0 saturated heterocycles. The van der Waals surface area contributed by atoms with Gasteiger partial charge in [-0.25, -0.2) is 6.08 Å². The largest absolute Gasteiger partial charge is 1.00 e. The Balaban J connectivity index is 0.000000218. The molecule has 4 saturated carbocycles. The number of halogens is 2. The molecule has 294 valence electrons. The van der Waals surface area contributed by atoms with Crippen LogP contribution in [0.15, 0.2) is 109 Å². The van der Waals surface area contributed by atoms with E-state index in [-0.39, 0.29) is 35.6 Å². The SMILES string of the molecule is CC(C)(C)c1cc2c(cc1-c1ccccc1)[cH-]c1cc(-c3ccccc3)c(C(C)(C)C)cc12.CC1[C-]=CC(C2(C)C3CC4CC(C3)CC2C4)=C1.C[C](C)=[Zr+2].[Cl-].[Cl-]. The van der Waals surface area contributed by atoms with Crippen LogP contribution in [0.5, 0.6) is 0 Å². The minimum absolute atomic E-state index is 0. The summed E-state index contributed by atoms with van der Waals surface area (Å²) in [4.78, 5) is 0. The first kappa shape index (κ1) is 44.7. The second kappa shape index (κ2) is 17.4. The average molecular weight is 861 g/mol. The molecule has 0 radical (unpaired) electrons. The molecule has 4 fully saturated rings. The Morgan fingerprint density at radius 2 is 1.05 bits per heavy atom. The Labute approximate surface area is 366 Å². The number of hydrogen-bond donors (Lipinski definition) is 0. The van der Waals surface area contributed by atoms with Crippen LogP contribution in [0.1, 0.15) is 112 Å². The molecule has 1 atom stereocenters. The van der Waals surface area contributed by atoms with Crippen LogP contribution in [0.4, 0.5) is 0 Å². The fourth-order valence-electron chi connectivity index (χ4n) is 10.6. The normalized spacial score (nSPS) is 24.7. The molecule has 10 rings (SSSR count). The fraction of sp³-hybridized carbons (Fsp3) is 0.434. The molecule has 5 aliphatic carbocycles. The van der Waals surface area contributed by atoms with Gasteiger partial charge in [0, 0.05) is 0 Å². The molecule has 4 bridgehead atoms. The summed E-state index contributed by atoms with van der Waals surface area (Å²) in [5.41, 5.74) is 10.3. The van der Waals surface area contributed by atoms with Gasteiger partial charge in [0.2, 0.25) is 0 Å². The molecule has 5 aromatic rings. The zero-order valence-electron chi connectivity index (χ0n) is 35.5. The van der Waals surface area contributed by atoms with Gasteiger partial charge in [0.1, 0.15) is 0 Å². The van der Waals surface area contributed by atoms with Crippen molar-refractivity contribution in [3.63, 3.8) is 0 Å². The first-order valence-corrected chi connectivity index (χ1v) is 21.9. The number of allylic oxidation sites excluding steroid dienone is 4. The summed E-state index contributed by atoms with van der Waals surface area (Å²) in [7, 11) is 0. The van der Waals surface area contributed by atoms with Gasteiger partial charge in [-0.15, -0.1) is 39.7 Å². The molecule has 1 unspecified atom stereocenters. The molecular formula is C53H62Cl2Zr-2. The molecule has 5 aliphatic rings. The minimum atomic E-state index is 0. The maximum absolute atomic E-state index is 3.49. The summed E-state index contributed by atoms with van der Waals surface area (Å²) >= 11 is 1.55. The van der Waals surface area contributed by atoms with Crippen LogP contribution in [-0.4, -0.2) is 3.21 Å². The first-order chi connectivity index (χ1) is 25.5. The van der Waals surface area contributed by atoms with Crippen molar-refractivity contribution in [1.82, 2.24) is 0 Å². The van der Waals surface area contributed by atoms with Gasteiger partial charge in [-0.3, -0.25) is 6.08 Å². The molecule has 0 spiro atoms. The molecule has 3 heteroatoms. The number of benzene rings is 4. The van der Waals surface area contributed by atoms with Gasteiger partial charge in [-0.05, 0) is 100.0 Å². The standard InChI is InChI=1S/C33H33.C17H23.C3H6.2ClH.Zr/c1-32(2,3)30-20-26-24(18-28(30)22-13-9-7-10-14-22)17-25-19-29(23-15-11-8-12-16-23)31(21-27(25)26)33(4,5)6;1-11-3-4-14(5-11)17(2)15-7-12-6-13(9-15)10-16(17)8-12;1-3-2;;;/h7-21H,1-6H3;4-5,11-13,15-16H,6-10H2,1-2H3;1-2H3;2*1H;/q2*-1;;;;+2/p-2. The molecule has 0 heterocycles. The maximum Gasteiger partial charge on any atom is -1.00 e. The second-order valence-corrected chi connectivity index (χ2v) is 22.1. The third-order valence-corrected chi connectivity index (χ3v) is 13.2. The Hall–Kier alpha value is -2.44. The summed E-state index contributed by atoms with van der Waals surface area (Å²) in [6.07, 6.45) is 15.9. The van der Waals surface area contributed by atoms with Crippen LogP contribution >= 0.6 is 0 Å². The van der Waals surface area contributed by atoms with Crippen LogP contribution in [0.3, 0.4) is 0 Å². The van der Waals surface area contributed by atoms with E-state index in [1.165, 1.54) is 83.8 Å². The van der Waals surface area contributed by atoms with Crippen molar-refractivity contribution in [2.75, 3.05) is 0 Å². The summed E-state index contributed by atoms with van der Waals surface area (Å²) in [5, 5.41) is 5.36. The predicted octanol–water partition coefficient (Wildman–Crippen LogP) is 8.78. The Bertz CT molecular complexity index is 2060. The third-order valence-electron chi connectivity index (χ3n) is 13.2. The van der Waals surface area contributed by atoms with Gasteiger partial charge >= 0.3 is 41.3 Å². The molecule has 0 aliphatic heterocycles. The summed E-state index contributed by atoms with van der Waals surface area (Å²) in [6, 6.07) is 33.7. The van der Waals surface area contributed by atoms with Gasteiger partial charge in [0.05, 0.1) is 0 Å². The molecule has 0 nitrogen and oxygen atoms in total. The van der Waals surface area contributed by atoms with Crippen molar-refractivity contribution in [1.29, 1.82) is 0 Å². The second-order valence-electron chi connectivity index (χ2n) is 19.7. The zero-order chi connectivity index (χ0) is 38.6. The van der Waals surface area contributed by atoms with Crippen molar-refractivity contribution in [2.45, 2.75) is 112 Å². The molecule has 0 aromatic heterocycles. The number of hydrogen-bond acceptors (Lipinski definition) is 0. The first-order valence-electron chi connectivity index (χ1n) is 20.7. The summed E-state index contributed by atoms with van der Waals surface area (Å²) in [5.74, 6) is 4.68. The van der Waals surface area contributed by atoms with E-state index >= 15 is 0 Å². The molecular weight excluding hydrogens is 799 g/mol. The van der Waals surface area contributed by atoms with Crippen LogP contribution < -0.4 is 24.8 Å². The van der Waals surface area contributed by atoms with E-state index in [4.69, 9.17) is 0 Å². The van der Waals surface area contributed by atoms with E-state index in [9.17, 15) is 0 Å². The van der Waals surface area contributed by atoms with E-state index in [0.717, 1.165) is 23.7 Å². The van der Waals surface area contributed by atoms with Gasteiger partial charge < -0.3 is 24.8 Å². The van der Waals surface area contributed by atoms with Gasteiger partial charge in [0.15, 0.2) is 0 Å². The predicted molar refractivity (Wildman–Crippen MR) is 232 cm³/mol. The molecule has 0 N–H and O–H groups in total. The molecule has 56 heavy (non-hydrogen) atoms. The number of fused-ring (bicyclic) bond motifs is 3. The van der Waals surface area contributed by atoms with E-state index in [0.29, 0.717) is 11.3 Å². The van der Waals surface area contributed by atoms with Crippen LogP contribution in [0.2, 0.25) is 0 Å². The smallest absolute Gasteiger partial charge is 1.00 e. The van der Waals surface area contributed by atoms with E-state index in [1.807, 2.05) is 0 Å². The van der Waals surface area contributed by atoms with E-state index in [1.54, 1.807) is 36.2 Å². The fourth-order valence-corrected chi connectivity index (χ4v) is 10.6. The Kier molecular flexibility index (Phi) is 13.9. The van der Waals surface area contributed by atoms with Crippen molar-refractivity contribution in [3.05, 3.63) is 126 Å². The maximum atomic E-state index is 3.49. The zero-order valence-corrected chi connectivity index (χ0v) is 39.5. The minimum Gasteiger partial charge on any atom is -1.00 e.